The predicted molar refractivity (Wildman–Crippen MR) is 137 cm³/mol. The number of piperidine rings is 1. The minimum absolute atomic E-state index is 0.221. The van der Waals surface area contributed by atoms with Crippen LogP contribution in [-0.4, -0.2) is 73.6 Å². The molecule has 8 heteroatoms. The highest BCUT2D eigenvalue weighted by Crippen LogP contribution is 2.31. The molecule has 4 rings (SSSR count). The minimum atomic E-state index is -0.221. The fourth-order valence-corrected chi connectivity index (χ4v) is 5.07. The predicted octanol–water partition coefficient (Wildman–Crippen LogP) is 4.88. The zero-order valence-electron chi connectivity index (χ0n) is 19.3. The maximum atomic E-state index is 12.8. The molecule has 33 heavy (non-hydrogen) atoms. The molecule has 0 spiro atoms. The van der Waals surface area contributed by atoms with Crippen molar-refractivity contribution in [2.45, 2.75) is 25.7 Å². The van der Waals surface area contributed by atoms with Gasteiger partial charge < -0.3 is 20.0 Å². The summed E-state index contributed by atoms with van der Waals surface area (Å²) in [6, 6.07) is 8.69. The van der Waals surface area contributed by atoms with E-state index in [1.54, 1.807) is 36.5 Å². The van der Waals surface area contributed by atoms with Gasteiger partial charge in [-0.3, -0.25) is 4.79 Å². The largest absolute Gasteiger partial charge is 0.355 e. The van der Waals surface area contributed by atoms with Gasteiger partial charge in [-0.15, -0.1) is 0 Å². The van der Waals surface area contributed by atoms with Crippen LogP contribution < -0.4 is 10.2 Å². The van der Waals surface area contributed by atoms with Crippen LogP contribution in [0.3, 0.4) is 0 Å². The number of rotatable bonds is 6. The molecule has 1 aromatic carbocycles. The molecule has 1 aromatic heterocycles. The van der Waals surface area contributed by atoms with Crippen LogP contribution in [-0.2, 0) is 0 Å². The molecule has 6 nitrogen and oxygen atoms in total. The van der Waals surface area contributed by atoms with Gasteiger partial charge in [0, 0.05) is 43.0 Å². The average molecular weight is 490 g/mol. The molecule has 2 fully saturated rings. The lowest BCUT2D eigenvalue weighted by atomic mass is 9.93. The van der Waals surface area contributed by atoms with Crippen LogP contribution in [0.25, 0.3) is 0 Å². The van der Waals surface area contributed by atoms with E-state index in [1.165, 1.54) is 45.6 Å². The molecule has 1 amide bonds. The smallest absolute Gasteiger partial charge is 0.255 e. The van der Waals surface area contributed by atoms with Gasteiger partial charge >= 0.3 is 0 Å². The molecule has 0 radical (unpaired) electrons. The van der Waals surface area contributed by atoms with E-state index in [9.17, 15) is 4.79 Å². The summed E-state index contributed by atoms with van der Waals surface area (Å²) in [7, 11) is 2.22. The van der Waals surface area contributed by atoms with Gasteiger partial charge in [0.05, 0.1) is 10.7 Å². The number of amides is 1. The lowest BCUT2D eigenvalue weighted by Gasteiger charge is -2.34. The third-order valence-electron chi connectivity index (χ3n) is 6.75. The Morgan fingerprint density at radius 1 is 1.06 bits per heavy atom. The summed E-state index contributed by atoms with van der Waals surface area (Å²) < 4.78 is 0. The molecule has 2 aliphatic rings. The summed E-state index contributed by atoms with van der Waals surface area (Å²) in [6.45, 7) is 7.83. The van der Waals surface area contributed by atoms with Crippen LogP contribution in [0, 0.1) is 5.92 Å². The Morgan fingerprint density at radius 3 is 2.67 bits per heavy atom. The number of hydrogen-bond donors (Lipinski definition) is 1. The van der Waals surface area contributed by atoms with E-state index in [0.717, 1.165) is 37.7 Å². The number of hydrogen-bond acceptors (Lipinski definition) is 5. The maximum absolute atomic E-state index is 12.8. The molecule has 0 atom stereocenters. The van der Waals surface area contributed by atoms with Crippen LogP contribution in [0.15, 0.2) is 36.5 Å². The number of carbonyl (C=O) groups excluding carboxylic acids is 1. The quantitative estimate of drug-likeness (QED) is 0.626. The Balaban J connectivity index is 1.34. The van der Waals surface area contributed by atoms with E-state index >= 15 is 0 Å². The van der Waals surface area contributed by atoms with Crippen molar-refractivity contribution in [3.05, 3.63) is 52.1 Å². The fourth-order valence-electron chi connectivity index (χ4n) is 4.72. The van der Waals surface area contributed by atoms with Crippen molar-refractivity contribution < 1.29 is 4.79 Å². The molecule has 0 bridgehead atoms. The van der Waals surface area contributed by atoms with Crippen molar-refractivity contribution in [2.75, 3.05) is 63.1 Å². The Bertz CT molecular complexity index is 948. The standard InChI is InChI=1S/C25H33Cl2N5O/c1-30-9-3-10-31(15-14-30)11-6-19-7-12-32(13-8-19)24-23(17-22(27)18-28-24)29-25(33)20-4-2-5-21(26)16-20/h2,4-5,16-19H,3,6-15H2,1H3,(H,29,33). The Labute approximate surface area is 206 Å². The van der Waals surface area contributed by atoms with Gasteiger partial charge in [-0.25, -0.2) is 4.98 Å². The second kappa shape index (κ2) is 11.5. The number of likely N-dealkylation sites (N-methyl/N-ethyl adjacent to an activating group) is 1. The van der Waals surface area contributed by atoms with Gasteiger partial charge in [-0.1, -0.05) is 29.3 Å². The molecule has 3 heterocycles. The van der Waals surface area contributed by atoms with Crippen molar-refractivity contribution in [2.24, 2.45) is 5.92 Å². The van der Waals surface area contributed by atoms with Gasteiger partial charge in [0.2, 0.25) is 0 Å². The molecular weight excluding hydrogens is 457 g/mol. The zero-order valence-corrected chi connectivity index (χ0v) is 20.8. The number of carbonyl (C=O) groups is 1. The monoisotopic (exact) mass is 489 g/mol. The van der Waals surface area contributed by atoms with Gasteiger partial charge in [0.15, 0.2) is 5.82 Å². The van der Waals surface area contributed by atoms with Crippen molar-refractivity contribution >= 4 is 40.6 Å². The number of benzene rings is 1. The van der Waals surface area contributed by atoms with E-state index in [4.69, 9.17) is 23.2 Å². The summed E-state index contributed by atoms with van der Waals surface area (Å²) >= 11 is 12.3. The van der Waals surface area contributed by atoms with Crippen molar-refractivity contribution in [1.29, 1.82) is 0 Å². The van der Waals surface area contributed by atoms with Crippen molar-refractivity contribution in [1.82, 2.24) is 14.8 Å². The summed E-state index contributed by atoms with van der Waals surface area (Å²) in [5.41, 5.74) is 1.14. The summed E-state index contributed by atoms with van der Waals surface area (Å²) in [6.07, 6.45) is 6.44. The van der Waals surface area contributed by atoms with Crippen LogP contribution in [0.1, 0.15) is 36.0 Å². The number of halogens is 2. The summed E-state index contributed by atoms with van der Waals surface area (Å²) in [4.78, 5) is 24.7. The zero-order chi connectivity index (χ0) is 23.2. The van der Waals surface area contributed by atoms with E-state index in [2.05, 4.69) is 32.0 Å². The molecule has 0 aliphatic carbocycles. The van der Waals surface area contributed by atoms with E-state index in [-0.39, 0.29) is 5.91 Å². The minimum Gasteiger partial charge on any atom is -0.355 e. The Morgan fingerprint density at radius 2 is 1.88 bits per heavy atom. The highest BCUT2D eigenvalue weighted by Gasteiger charge is 2.24. The van der Waals surface area contributed by atoms with Crippen molar-refractivity contribution in [3.63, 3.8) is 0 Å². The molecule has 0 unspecified atom stereocenters. The van der Waals surface area contributed by atoms with Crippen molar-refractivity contribution in [3.8, 4) is 0 Å². The van der Waals surface area contributed by atoms with Gasteiger partial charge in [0.25, 0.3) is 5.91 Å². The topological polar surface area (TPSA) is 51.7 Å². The third-order valence-corrected chi connectivity index (χ3v) is 7.19. The van der Waals surface area contributed by atoms with Gasteiger partial charge in [-0.05, 0) is 82.5 Å². The highest BCUT2D eigenvalue weighted by molar-refractivity contribution is 6.31. The first-order valence-electron chi connectivity index (χ1n) is 11.9. The second-order valence-corrected chi connectivity index (χ2v) is 10.1. The molecule has 2 saturated heterocycles. The van der Waals surface area contributed by atoms with E-state index in [0.29, 0.717) is 21.3 Å². The van der Waals surface area contributed by atoms with Crippen LogP contribution >= 0.6 is 23.2 Å². The number of pyridine rings is 1. The van der Waals surface area contributed by atoms with Gasteiger partial charge in [-0.2, -0.15) is 0 Å². The SMILES string of the molecule is CN1CCCN(CCC2CCN(c3ncc(Cl)cc3NC(=O)c3cccc(Cl)c3)CC2)CC1. The maximum Gasteiger partial charge on any atom is 0.255 e. The third kappa shape index (κ3) is 6.82. The Kier molecular flexibility index (Phi) is 8.47. The number of nitrogens with zero attached hydrogens (tertiary/aromatic N) is 4. The van der Waals surface area contributed by atoms with E-state index < -0.39 is 0 Å². The first-order chi connectivity index (χ1) is 16.0. The lowest BCUT2D eigenvalue weighted by Crippen LogP contribution is -2.37. The molecule has 0 saturated carbocycles. The molecular formula is C25H33Cl2N5O. The molecule has 2 aromatic rings. The van der Waals surface area contributed by atoms with Crippen LogP contribution in [0.5, 0.6) is 0 Å². The first-order valence-corrected chi connectivity index (χ1v) is 12.6. The Hall–Kier alpha value is -1.86. The van der Waals surface area contributed by atoms with Gasteiger partial charge in [0.1, 0.15) is 0 Å². The first kappa shape index (κ1) is 24.3. The molecule has 2 aliphatic heterocycles. The molecule has 1 N–H and O–H groups in total. The second-order valence-electron chi connectivity index (χ2n) is 9.21. The van der Waals surface area contributed by atoms with Crippen LogP contribution in [0.2, 0.25) is 10.0 Å². The summed E-state index contributed by atoms with van der Waals surface area (Å²) in [5.74, 6) is 1.30. The lowest BCUT2D eigenvalue weighted by molar-refractivity contribution is 0.102. The normalized spacial score (nSPS) is 18.8. The number of nitrogens with one attached hydrogen (secondary N) is 1. The molecule has 178 valence electrons. The highest BCUT2D eigenvalue weighted by atomic mass is 35.5. The number of anilines is 2. The fraction of sp³-hybridized carbons (Fsp3) is 0.520. The summed E-state index contributed by atoms with van der Waals surface area (Å²) in [5, 5.41) is 4.01. The average Bonchev–Trinajstić information content (AvgIpc) is 3.02. The van der Waals surface area contributed by atoms with Crippen LogP contribution in [0.4, 0.5) is 11.5 Å². The number of aromatic nitrogens is 1. The van der Waals surface area contributed by atoms with E-state index in [1.807, 2.05) is 0 Å².